The summed E-state index contributed by atoms with van der Waals surface area (Å²) in [7, 11) is -2.72. The first-order chi connectivity index (χ1) is 7.16. The van der Waals surface area contributed by atoms with E-state index in [1.165, 1.54) is 5.69 Å². The molecule has 0 aromatic heterocycles. The van der Waals surface area contributed by atoms with Crippen LogP contribution < -0.4 is 9.41 Å². The molecule has 0 unspecified atom stereocenters. The topological polar surface area (TPSA) is 21.3 Å². The van der Waals surface area contributed by atoms with Gasteiger partial charge in [-0.05, 0) is 43.9 Å². The molecule has 0 saturated heterocycles. The highest BCUT2D eigenvalue weighted by atomic mass is 28.4. The summed E-state index contributed by atoms with van der Waals surface area (Å²) in [5, 5.41) is 0. The number of anilines is 1. The Kier molecular flexibility index (Phi) is 3.85. The fourth-order valence-electron chi connectivity index (χ4n) is 1.39. The zero-order chi connectivity index (χ0) is 12.4. The molecule has 2 nitrogen and oxygen atoms in total. The second-order valence-electron chi connectivity index (χ2n) is 6.11. The highest BCUT2D eigenvalue weighted by molar-refractivity contribution is 6.79. The fraction of sp³-hybridized carbons (Fsp3) is 0.500. The number of hydrogen-bond donors (Lipinski definition) is 1. The minimum atomic E-state index is -1.47. The van der Waals surface area contributed by atoms with Gasteiger partial charge in [0.15, 0.2) is 0 Å². The van der Waals surface area contributed by atoms with Crippen LogP contribution in [0.15, 0.2) is 24.3 Å². The van der Waals surface area contributed by atoms with Crippen molar-refractivity contribution in [1.82, 2.24) is 0 Å². The molecular weight excluding hydrogens is 230 g/mol. The quantitative estimate of drug-likeness (QED) is 0.814. The third kappa shape index (κ3) is 5.37. The molecule has 0 atom stereocenters. The molecule has 4 heteroatoms. The average Bonchev–Trinajstić information content (AvgIpc) is 2.03. The van der Waals surface area contributed by atoms with Gasteiger partial charge in [-0.3, -0.25) is 0 Å². The second-order valence-corrected chi connectivity index (χ2v) is 15.3. The lowest BCUT2D eigenvalue weighted by Gasteiger charge is -2.22. The smallest absolute Gasteiger partial charge is 0.242 e. The van der Waals surface area contributed by atoms with Crippen molar-refractivity contribution in [2.45, 2.75) is 39.3 Å². The first-order valence-corrected chi connectivity index (χ1v) is 12.6. The van der Waals surface area contributed by atoms with E-state index in [4.69, 9.17) is 4.43 Å². The van der Waals surface area contributed by atoms with E-state index < -0.39 is 16.6 Å². The van der Waals surface area contributed by atoms with Gasteiger partial charge in [0, 0.05) is 5.69 Å². The van der Waals surface area contributed by atoms with Crippen LogP contribution in [0.25, 0.3) is 0 Å². The Hall–Kier alpha value is -0.746. The molecule has 0 spiro atoms. The van der Waals surface area contributed by atoms with Gasteiger partial charge in [-0.2, -0.15) is 0 Å². The van der Waals surface area contributed by atoms with Crippen molar-refractivity contribution in [3.05, 3.63) is 24.3 Å². The fourth-order valence-corrected chi connectivity index (χ4v) is 3.27. The molecule has 1 aromatic carbocycles. The first-order valence-electron chi connectivity index (χ1n) is 5.73. The summed E-state index contributed by atoms with van der Waals surface area (Å²) >= 11 is 0. The molecular formula is C12H23NOSi2. The summed E-state index contributed by atoms with van der Waals surface area (Å²) in [6, 6.07) is 8.32. The molecule has 0 radical (unpaired) electrons. The molecule has 0 fully saturated rings. The van der Waals surface area contributed by atoms with Crippen LogP contribution in [0.1, 0.15) is 0 Å². The van der Waals surface area contributed by atoms with Crippen LogP contribution in [0.2, 0.25) is 39.3 Å². The van der Waals surface area contributed by atoms with Crippen molar-refractivity contribution in [2.24, 2.45) is 0 Å². The van der Waals surface area contributed by atoms with Gasteiger partial charge in [0.25, 0.3) is 0 Å². The molecule has 1 aromatic rings. The van der Waals surface area contributed by atoms with Crippen molar-refractivity contribution in [1.29, 1.82) is 0 Å². The zero-order valence-corrected chi connectivity index (χ0v) is 13.2. The third-order valence-corrected chi connectivity index (χ3v) is 3.68. The van der Waals surface area contributed by atoms with E-state index in [9.17, 15) is 0 Å². The molecule has 0 aliphatic heterocycles. The Balaban J connectivity index is 2.69. The monoisotopic (exact) mass is 253 g/mol. The van der Waals surface area contributed by atoms with Crippen molar-refractivity contribution in [2.75, 3.05) is 4.98 Å². The zero-order valence-electron chi connectivity index (χ0n) is 11.2. The van der Waals surface area contributed by atoms with Crippen molar-refractivity contribution >= 4 is 22.2 Å². The largest absolute Gasteiger partial charge is 0.544 e. The summed E-state index contributed by atoms with van der Waals surface area (Å²) < 4.78 is 5.91. The summed E-state index contributed by atoms with van der Waals surface area (Å²) in [5.74, 6) is 0.986. The molecule has 1 rings (SSSR count). The van der Waals surface area contributed by atoms with Gasteiger partial charge in [-0.1, -0.05) is 19.6 Å². The van der Waals surface area contributed by atoms with E-state index in [2.05, 4.69) is 68.5 Å². The van der Waals surface area contributed by atoms with Gasteiger partial charge in [-0.25, -0.2) is 0 Å². The SMILES string of the molecule is C[Si](C)(C)Nc1ccc(O[Si](C)(C)C)cc1. The average molecular weight is 253 g/mol. The molecule has 0 amide bonds. The molecule has 0 bridgehead atoms. The van der Waals surface area contributed by atoms with E-state index in [0.717, 1.165) is 5.75 Å². The van der Waals surface area contributed by atoms with Crippen LogP contribution in [-0.4, -0.2) is 16.6 Å². The van der Waals surface area contributed by atoms with Crippen molar-refractivity contribution in [3.8, 4) is 5.75 Å². The Morgan fingerprint density at radius 2 is 1.38 bits per heavy atom. The van der Waals surface area contributed by atoms with Gasteiger partial charge >= 0.3 is 0 Å². The lowest BCUT2D eigenvalue weighted by molar-refractivity contribution is 0.558. The molecule has 1 N–H and O–H groups in total. The summed E-state index contributed by atoms with van der Waals surface area (Å²) in [4.78, 5) is 3.57. The third-order valence-electron chi connectivity index (χ3n) is 1.80. The Bertz CT molecular complexity index is 301. The second kappa shape index (κ2) is 4.63. The van der Waals surface area contributed by atoms with Crippen LogP contribution in [0.3, 0.4) is 0 Å². The lowest BCUT2D eigenvalue weighted by Crippen LogP contribution is -2.32. The predicted octanol–water partition coefficient (Wildman–Crippen LogP) is 4.15. The van der Waals surface area contributed by atoms with E-state index >= 15 is 0 Å². The minimum Gasteiger partial charge on any atom is -0.544 e. The normalized spacial score (nSPS) is 12.4. The number of rotatable bonds is 4. The Labute approximate surface area is 101 Å². The number of hydrogen-bond acceptors (Lipinski definition) is 2. The molecule has 0 heterocycles. The van der Waals surface area contributed by atoms with Crippen LogP contribution in [0.4, 0.5) is 5.69 Å². The van der Waals surface area contributed by atoms with Crippen LogP contribution in [-0.2, 0) is 0 Å². The van der Waals surface area contributed by atoms with Crippen LogP contribution >= 0.6 is 0 Å². The highest BCUT2D eigenvalue weighted by Gasteiger charge is 2.16. The summed E-state index contributed by atoms with van der Waals surface area (Å²) in [6.07, 6.45) is 0. The maximum atomic E-state index is 5.91. The van der Waals surface area contributed by atoms with E-state index in [1.54, 1.807) is 0 Å². The summed E-state index contributed by atoms with van der Waals surface area (Å²) in [5.41, 5.74) is 1.20. The van der Waals surface area contributed by atoms with Gasteiger partial charge in [-0.15, -0.1) is 0 Å². The molecule has 0 aliphatic carbocycles. The number of nitrogens with one attached hydrogen (secondary N) is 1. The van der Waals surface area contributed by atoms with Gasteiger partial charge < -0.3 is 9.41 Å². The van der Waals surface area contributed by atoms with Gasteiger partial charge in [0.2, 0.25) is 8.32 Å². The standard InChI is InChI=1S/C12H23NOSi2/c1-15(2,3)13-11-7-9-12(10-8-11)14-16(4,5)6/h7-10,13H,1-6H3. The predicted molar refractivity (Wildman–Crippen MR) is 77.4 cm³/mol. The number of benzene rings is 1. The maximum absolute atomic E-state index is 5.91. The van der Waals surface area contributed by atoms with Crippen LogP contribution in [0.5, 0.6) is 5.75 Å². The molecule has 0 saturated carbocycles. The molecule has 0 aliphatic rings. The van der Waals surface area contributed by atoms with Crippen molar-refractivity contribution in [3.63, 3.8) is 0 Å². The Morgan fingerprint density at radius 1 is 0.875 bits per heavy atom. The van der Waals surface area contributed by atoms with E-state index in [0.29, 0.717) is 0 Å². The maximum Gasteiger partial charge on any atom is 0.242 e. The van der Waals surface area contributed by atoms with Gasteiger partial charge in [0.05, 0.1) is 0 Å². The minimum absolute atomic E-state index is 0.986. The molecule has 16 heavy (non-hydrogen) atoms. The van der Waals surface area contributed by atoms with Crippen molar-refractivity contribution < 1.29 is 4.43 Å². The highest BCUT2D eigenvalue weighted by Crippen LogP contribution is 2.20. The molecule has 90 valence electrons. The van der Waals surface area contributed by atoms with E-state index in [1.807, 2.05) is 0 Å². The van der Waals surface area contributed by atoms with E-state index in [-0.39, 0.29) is 0 Å². The Morgan fingerprint density at radius 3 is 1.75 bits per heavy atom. The lowest BCUT2D eigenvalue weighted by atomic mass is 10.3. The summed E-state index contributed by atoms with van der Waals surface area (Å²) in [6.45, 7) is 13.5. The van der Waals surface area contributed by atoms with Crippen LogP contribution in [0, 0.1) is 0 Å². The first kappa shape index (κ1) is 13.3. The van der Waals surface area contributed by atoms with Gasteiger partial charge in [0.1, 0.15) is 14.0 Å².